The van der Waals surface area contributed by atoms with Gasteiger partial charge in [-0.2, -0.15) is 0 Å². The number of aliphatic hydroxyl groups is 1. The standard InChI is InChI=1S/C6H16NO.C5H14NO.BrH/c1-7(2,3)5-6-8-4;1-6(2,3)4-5-7;/h5-6H2,1-4H3;7H,4-5H2,1-3H3;1H/q2*+1;. The Kier molecular flexibility index (Phi) is 14.1. The Bertz CT molecular complexity index is 142. The molecule has 5 heteroatoms. The molecule has 0 aromatic heterocycles. The minimum atomic E-state index is 0. The van der Waals surface area contributed by atoms with E-state index >= 15 is 0 Å². The molecule has 0 spiro atoms. The van der Waals surface area contributed by atoms with Gasteiger partial charge in [-0.3, -0.25) is 0 Å². The number of methoxy groups -OCH3 is 1. The monoisotopic (exact) mass is 302 g/mol. The fraction of sp³-hybridized carbons (Fsp3) is 1.00. The lowest BCUT2D eigenvalue weighted by atomic mass is 10.5. The van der Waals surface area contributed by atoms with Gasteiger partial charge in [0.1, 0.15) is 13.1 Å². The van der Waals surface area contributed by atoms with Crippen LogP contribution in [0.2, 0.25) is 0 Å². The Morgan fingerprint density at radius 3 is 1.31 bits per heavy atom. The molecule has 0 radical (unpaired) electrons. The summed E-state index contributed by atoms with van der Waals surface area (Å²) in [6, 6.07) is 0. The molecule has 1 N–H and O–H groups in total. The second-order valence-corrected chi connectivity index (χ2v) is 5.74. The van der Waals surface area contributed by atoms with Gasteiger partial charge in [0.25, 0.3) is 0 Å². The summed E-state index contributed by atoms with van der Waals surface area (Å²) in [4.78, 5) is 0. The van der Waals surface area contributed by atoms with Gasteiger partial charge in [-0.25, -0.2) is 0 Å². The maximum Gasteiger partial charge on any atom is 0.102 e. The van der Waals surface area contributed by atoms with Gasteiger partial charge >= 0.3 is 0 Å². The molecule has 0 aliphatic heterocycles. The van der Waals surface area contributed by atoms with Gasteiger partial charge in [0.05, 0.1) is 55.5 Å². The zero-order valence-electron chi connectivity index (χ0n) is 12.0. The van der Waals surface area contributed by atoms with Crippen molar-refractivity contribution in [2.45, 2.75) is 0 Å². The first kappa shape index (κ1) is 21.6. The highest BCUT2D eigenvalue weighted by Crippen LogP contribution is 1.87. The molecule has 0 bridgehead atoms. The van der Waals surface area contributed by atoms with Crippen molar-refractivity contribution in [1.82, 2.24) is 0 Å². The average Bonchev–Trinajstić information content (AvgIpc) is 1.98. The summed E-state index contributed by atoms with van der Waals surface area (Å²) in [5.41, 5.74) is 0. The Morgan fingerprint density at radius 1 is 0.875 bits per heavy atom. The number of ether oxygens (including phenoxy) is 1. The van der Waals surface area contributed by atoms with Crippen molar-refractivity contribution in [3.05, 3.63) is 0 Å². The van der Waals surface area contributed by atoms with E-state index in [-0.39, 0.29) is 23.6 Å². The third-order valence-corrected chi connectivity index (χ3v) is 1.74. The van der Waals surface area contributed by atoms with E-state index in [1.165, 1.54) is 0 Å². The summed E-state index contributed by atoms with van der Waals surface area (Å²) >= 11 is 0. The highest BCUT2D eigenvalue weighted by Gasteiger charge is 2.03. The van der Waals surface area contributed by atoms with E-state index in [2.05, 4.69) is 42.3 Å². The van der Waals surface area contributed by atoms with Crippen LogP contribution in [0.5, 0.6) is 0 Å². The highest BCUT2D eigenvalue weighted by atomic mass is 79.9. The third-order valence-electron chi connectivity index (χ3n) is 1.74. The molecule has 0 heterocycles. The molecule has 102 valence electrons. The number of hydrogen-bond acceptors (Lipinski definition) is 2. The molecule has 0 unspecified atom stereocenters. The van der Waals surface area contributed by atoms with Gasteiger partial charge in [-0.15, -0.1) is 17.0 Å². The van der Waals surface area contributed by atoms with Crippen molar-refractivity contribution in [2.75, 3.05) is 75.7 Å². The number of halogens is 1. The first-order chi connectivity index (χ1) is 6.62. The van der Waals surface area contributed by atoms with E-state index in [4.69, 9.17) is 9.84 Å². The fourth-order valence-electron chi connectivity index (χ4n) is 0.665. The summed E-state index contributed by atoms with van der Waals surface area (Å²) in [5.74, 6) is 0. The maximum absolute atomic E-state index is 8.39. The van der Waals surface area contributed by atoms with E-state index < -0.39 is 0 Å². The van der Waals surface area contributed by atoms with Crippen molar-refractivity contribution >= 4 is 17.0 Å². The lowest BCUT2D eigenvalue weighted by molar-refractivity contribution is -0.870. The predicted molar refractivity (Wildman–Crippen MR) is 75.1 cm³/mol. The summed E-state index contributed by atoms with van der Waals surface area (Å²) < 4.78 is 6.73. The normalized spacial score (nSPS) is 11.2. The third kappa shape index (κ3) is 29.2. The molecule has 0 aromatic carbocycles. The van der Waals surface area contributed by atoms with Crippen LogP contribution in [0.3, 0.4) is 0 Å². The van der Waals surface area contributed by atoms with E-state index in [1.54, 1.807) is 7.11 Å². The quantitative estimate of drug-likeness (QED) is 0.754. The second-order valence-electron chi connectivity index (χ2n) is 5.74. The molecule has 0 amide bonds. The van der Waals surface area contributed by atoms with Crippen LogP contribution in [0, 0.1) is 0 Å². The van der Waals surface area contributed by atoms with E-state index in [0.29, 0.717) is 0 Å². The van der Waals surface area contributed by atoms with Crippen LogP contribution >= 0.6 is 17.0 Å². The van der Waals surface area contributed by atoms with Crippen LogP contribution in [0.1, 0.15) is 0 Å². The minimum absolute atomic E-state index is 0. The van der Waals surface area contributed by atoms with Gasteiger partial charge in [0.15, 0.2) is 0 Å². The van der Waals surface area contributed by atoms with Crippen molar-refractivity contribution in [1.29, 1.82) is 0 Å². The molecule has 0 atom stereocenters. The molecule has 0 rings (SSSR count). The van der Waals surface area contributed by atoms with Gasteiger partial charge in [-0.1, -0.05) is 0 Å². The predicted octanol–water partition coefficient (Wildman–Crippen LogP) is 0.602. The average molecular weight is 303 g/mol. The summed E-state index contributed by atoms with van der Waals surface area (Å²) in [6.45, 7) is 3.05. The first-order valence-electron chi connectivity index (χ1n) is 5.33. The van der Waals surface area contributed by atoms with Crippen LogP contribution < -0.4 is 0 Å². The maximum atomic E-state index is 8.39. The second kappa shape index (κ2) is 10.5. The van der Waals surface area contributed by atoms with Crippen molar-refractivity contribution in [3.63, 3.8) is 0 Å². The molecular formula is C11H31BrN2O2+2. The van der Waals surface area contributed by atoms with Crippen LogP contribution in [-0.4, -0.2) is 89.8 Å². The Morgan fingerprint density at radius 2 is 1.25 bits per heavy atom. The zero-order chi connectivity index (χ0) is 12.5. The number of likely N-dealkylation sites (N-methyl/N-ethyl adjacent to an activating group) is 2. The molecular weight excluding hydrogens is 272 g/mol. The number of hydrogen-bond donors (Lipinski definition) is 1. The fourth-order valence-corrected chi connectivity index (χ4v) is 0.665. The highest BCUT2D eigenvalue weighted by molar-refractivity contribution is 8.93. The number of aliphatic hydroxyl groups excluding tert-OH is 1. The molecule has 16 heavy (non-hydrogen) atoms. The van der Waals surface area contributed by atoms with Crippen molar-refractivity contribution < 1.29 is 18.8 Å². The first-order valence-corrected chi connectivity index (χ1v) is 5.33. The van der Waals surface area contributed by atoms with E-state index in [9.17, 15) is 0 Å². The number of rotatable bonds is 5. The molecule has 0 saturated heterocycles. The number of nitrogens with zero attached hydrogens (tertiary/aromatic N) is 2. The minimum Gasteiger partial charge on any atom is -0.391 e. The van der Waals surface area contributed by atoms with Crippen LogP contribution in [0.25, 0.3) is 0 Å². The summed E-state index contributed by atoms with van der Waals surface area (Å²) in [6.07, 6.45) is 0. The Hall–Kier alpha value is 0.320. The topological polar surface area (TPSA) is 29.5 Å². The van der Waals surface area contributed by atoms with Gasteiger partial charge in [-0.05, 0) is 0 Å². The van der Waals surface area contributed by atoms with Gasteiger partial charge < -0.3 is 18.8 Å². The van der Waals surface area contributed by atoms with Crippen LogP contribution in [0.4, 0.5) is 0 Å². The van der Waals surface area contributed by atoms with E-state index in [1.807, 2.05) is 0 Å². The lowest BCUT2D eigenvalue weighted by Crippen LogP contribution is -2.37. The molecule has 0 aliphatic rings. The molecule has 0 aromatic rings. The van der Waals surface area contributed by atoms with Crippen molar-refractivity contribution in [2.24, 2.45) is 0 Å². The van der Waals surface area contributed by atoms with Crippen LogP contribution in [-0.2, 0) is 4.74 Å². The molecule has 0 fully saturated rings. The number of quaternary nitrogens is 2. The van der Waals surface area contributed by atoms with Crippen LogP contribution in [0.15, 0.2) is 0 Å². The zero-order valence-corrected chi connectivity index (χ0v) is 13.7. The molecule has 4 nitrogen and oxygen atoms in total. The lowest BCUT2D eigenvalue weighted by Gasteiger charge is -2.22. The van der Waals surface area contributed by atoms with Crippen molar-refractivity contribution in [3.8, 4) is 0 Å². The van der Waals surface area contributed by atoms with Gasteiger partial charge in [0.2, 0.25) is 0 Å². The van der Waals surface area contributed by atoms with Gasteiger partial charge in [0, 0.05) is 7.11 Å². The Balaban J connectivity index is -0.000000200. The SMILES string of the molecule is Br.COCC[N+](C)(C)C.C[N+](C)(C)CCO. The Labute approximate surface area is 112 Å². The molecule has 0 aliphatic carbocycles. The smallest absolute Gasteiger partial charge is 0.102 e. The molecule has 0 saturated carbocycles. The summed E-state index contributed by atoms with van der Waals surface area (Å²) in [7, 11) is 14.3. The van der Waals surface area contributed by atoms with E-state index in [0.717, 1.165) is 28.7 Å². The largest absolute Gasteiger partial charge is 0.391 e. The summed E-state index contributed by atoms with van der Waals surface area (Å²) in [5, 5.41) is 8.39.